The molecule has 0 aliphatic carbocycles. The second-order valence-corrected chi connectivity index (χ2v) is 8.36. The predicted octanol–water partition coefficient (Wildman–Crippen LogP) is 6.57. The Hall–Kier alpha value is -3.09. The number of hydrogen-bond donors (Lipinski definition) is 1. The minimum absolute atomic E-state index is 0.261. The van der Waals surface area contributed by atoms with Crippen LogP contribution in [0.2, 0.25) is 0 Å². The maximum Gasteiger partial charge on any atom is 0.425 e. The Labute approximate surface area is 214 Å². The van der Waals surface area contributed by atoms with Gasteiger partial charge in [0.2, 0.25) is 0 Å². The second kappa shape index (κ2) is 14.0. The quantitative estimate of drug-likeness (QED) is 0.263. The van der Waals surface area contributed by atoms with Crippen molar-refractivity contribution in [3.05, 3.63) is 58.6 Å². The highest BCUT2D eigenvalue weighted by atomic mass is 32.1. The molecule has 2 atom stereocenters. The Bertz CT molecular complexity index is 1040. The normalized spacial score (nSPS) is 17.5. The Morgan fingerprint density at radius 2 is 1.89 bits per heavy atom. The largest absolute Gasteiger partial charge is 0.507 e. The summed E-state index contributed by atoms with van der Waals surface area (Å²) in [5, 5.41) is 9.57. The van der Waals surface area contributed by atoms with E-state index in [0.29, 0.717) is 30.2 Å². The maximum atomic E-state index is 13.2. The SMILES string of the molecule is C=CCC1C(C(=O)OC)CCCN1C(=O)c1cnccc1C(F)(F)F.CC.Oc1csc(C(F)(F)F)c1. The number of aromatic nitrogens is 1. The monoisotopic (exact) mass is 554 g/mol. The smallest absolute Gasteiger partial charge is 0.425 e. The number of aromatic hydroxyl groups is 1. The fourth-order valence-electron chi connectivity index (χ4n) is 3.64. The lowest BCUT2D eigenvalue weighted by Crippen LogP contribution is -2.51. The Balaban J connectivity index is 0.000000475. The molecular weight excluding hydrogens is 526 g/mol. The summed E-state index contributed by atoms with van der Waals surface area (Å²) in [6.07, 6.45) is -4.25. The van der Waals surface area contributed by atoms with E-state index in [9.17, 15) is 35.9 Å². The number of alkyl halides is 6. The van der Waals surface area contributed by atoms with Gasteiger partial charge >= 0.3 is 18.3 Å². The van der Waals surface area contributed by atoms with Crippen molar-refractivity contribution in [2.75, 3.05) is 13.7 Å². The summed E-state index contributed by atoms with van der Waals surface area (Å²) in [4.78, 5) is 29.0. The molecule has 2 aromatic rings. The van der Waals surface area contributed by atoms with Crippen molar-refractivity contribution in [3.8, 4) is 5.75 Å². The van der Waals surface area contributed by atoms with Gasteiger partial charge in [-0.25, -0.2) is 0 Å². The summed E-state index contributed by atoms with van der Waals surface area (Å²) in [6, 6.07) is 0.884. The van der Waals surface area contributed by atoms with Gasteiger partial charge in [0.1, 0.15) is 10.6 Å². The van der Waals surface area contributed by atoms with Crippen LogP contribution in [-0.2, 0) is 21.9 Å². The number of amides is 1. The van der Waals surface area contributed by atoms with Crippen molar-refractivity contribution in [3.63, 3.8) is 0 Å². The first-order valence-corrected chi connectivity index (χ1v) is 12.0. The molecule has 0 aromatic carbocycles. The number of carbonyl (C=O) groups excluding carboxylic acids is 2. The topological polar surface area (TPSA) is 79.7 Å². The molecule has 1 amide bonds. The van der Waals surface area contributed by atoms with Crippen LogP contribution in [0.1, 0.15) is 53.9 Å². The number of pyridine rings is 1. The average Bonchev–Trinajstić information content (AvgIpc) is 3.31. The number of carbonyl (C=O) groups is 2. The van der Waals surface area contributed by atoms with Crippen molar-refractivity contribution >= 4 is 23.2 Å². The summed E-state index contributed by atoms with van der Waals surface area (Å²) in [5.74, 6) is -2.20. The number of thiophene rings is 1. The number of halogens is 6. The van der Waals surface area contributed by atoms with Crippen molar-refractivity contribution in [1.29, 1.82) is 0 Å². The lowest BCUT2D eigenvalue weighted by Gasteiger charge is -2.40. The molecule has 1 aliphatic heterocycles. The molecule has 1 N–H and O–H groups in total. The van der Waals surface area contributed by atoms with Gasteiger partial charge in [0.05, 0.1) is 24.2 Å². The van der Waals surface area contributed by atoms with Gasteiger partial charge in [0.15, 0.2) is 0 Å². The van der Waals surface area contributed by atoms with Gasteiger partial charge in [-0.05, 0) is 25.3 Å². The zero-order chi connectivity index (χ0) is 28.4. The fraction of sp³-hybridized carbons (Fsp3) is 0.458. The second-order valence-electron chi connectivity index (χ2n) is 7.45. The van der Waals surface area contributed by atoms with Crippen LogP contribution in [0.3, 0.4) is 0 Å². The van der Waals surface area contributed by atoms with Gasteiger partial charge < -0.3 is 14.7 Å². The van der Waals surface area contributed by atoms with Gasteiger partial charge in [0, 0.05) is 36.4 Å². The van der Waals surface area contributed by atoms with Gasteiger partial charge in [-0.1, -0.05) is 19.9 Å². The van der Waals surface area contributed by atoms with E-state index in [1.54, 1.807) is 6.08 Å². The molecule has 0 spiro atoms. The van der Waals surface area contributed by atoms with Gasteiger partial charge in [-0.2, -0.15) is 26.3 Å². The lowest BCUT2D eigenvalue weighted by molar-refractivity contribution is -0.149. The summed E-state index contributed by atoms with van der Waals surface area (Å²) in [7, 11) is 1.25. The molecule has 2 aromatic heterocycles. The molecule has 37 heavy (non-hydrogen) atoms. The van der Waals surface area contributed by atoms with E-state index in [-0.39, 0.29) is 18.7 Å². The third-order valence-electron chi connectivity index (χ3n) is 5.17. The number of methoxy groups -OCH3 is 1. The van der Waals surface area contributed by atoms with Gasteiger partial charge in [0.25, 0.3) is 5.91 Å². The molecule has 13 heteroatoms. The molecule has 0 saturated carbocycles. The molecule has 1 saturated heterocycles. The van der Waals surface area contributed by atoms with Crippen molar-refractivity contribution in [1.82, 2.24) is 9.88 Å². The molecule has 3 heterocycles. The number of likely N-dealkylation sites (tertiary alicyclic amines) is 1. The van der Waals surface area contributed by atoms with Crippen LogP contribution in [0.15, 0.2) is 42.6 Å². The van der Waals surface area contributed by atoms with Crippen LogP contribution in [0.4, 0.5) is 26.3 Å². The third kappa shape index (κ3) is 8.76. The predicted molar refractivity (Wildman–Crippen MR) is 126 cm³/mol. The fourth-order valence-corrected chi connectivity index (χ4v) is 4.28. The molecule has 1 fully saturated rings. The Morgan fingerprint density at radius 3 is 2.35 bits per heavy atom. The minimum Gasteiger partial charge on any atom is -0.507 e. The van der Waals surface area contributed by atoms with Crippen molar-refractivity contribution < 1.29 is 45.8 Å². The number of nitrogens with zero attached hydrogens (tertiary/aromatic N) is 2. The highest BCUT2D eigenvalue weighted by Gasteiger charge is 2.41. The highest BCUT2D eigenvalue weighted by molar-refractivity contribution is 7.10. The van der Waals surface area contributed by atoms with E-state index in [4.69, 9.17) is 9.84 Å². The molecule has 6 nitrogen and oxygen atoms in total. The van der Waals surface area contributed by atoms with Crippen molar-refractivity contribution in [2.45, 2.75) is 51.5 Å². The summed E-state index contributed by atoms with van der Waals surface area (Å²) >= 11 is 0.481. The molecule has 206 valence electrons. The molecule has 0 radical (unpaired) electrons. The summed E-state index contributed by atoms with van der Waals surface area (Å²) in [6.45, 7) is 7.88. The third-order valence-corrected chi connectivity index (χ3v) is 6.14. The van der Waals surface area contributed by atoms with Crippen LogP contribution in [0.5, 0.6) is 5.75 Å². The van der Waals surface area contributed by atoms with E-state index in [2.05, 4.69) is 11.6 Å². The lowest BCUT2D eigenvalue weighted by atomic mass is 9.86. The first kappa shape index (κ1) is 31.9. The van der Waals surface area contributed by atoms with E-state index in [1.165, 1.54) is 12.0 Å². The average molecular weight is 555 g/mol. The first-order valence-electron chi connectivity index (χ1n) is 11.2. The molecule has 2 unspecified atom stereocenters. The minimum atomic E-state index is -4.67. The van der Waals surface area contributed by atoms with Crippen LogP contribution in [0.25, 0.3) is 0 Å². The first-order chi connectivity index (χ1) is 17.3. The van der Waals surface area contributed by atoms with E-state index >= 15 is 0 Å². The van der Waals surface area contributed by atoms with E-state index in [0.717, 1.165) is 23.8 Å². The van der Waals surface area contributed by atoms with E-state index in [1.807, 2.05) is 13.8 Å². The summed E-state index contributed by atoms with van der Waals surface area (Å²) < 4.78 is 79.5. The number of rotatable bonds is 4. The van der Waals surface area contributed by atoms with Crippen LogP contribution < -0.4 is 0 Å². The maximum absolute atomic E-state index is 13.2. The molecule has 0 bridgehead atoms. The molecule has 1 aliphatic rings. The molecular formula is C24H28F6N2O4S. The Kier molecular flexibility index (Phi) is 12.1. The standard InChI is InChI=1S/C17H19F3N2O3.C5H3F3OS.C2H6/c1-3-5-14-11(16(24)25-2)6-4-9-22(14)15(23)12-10-21-8-7-13(12)17(18,19)20;6-5(7,8)4-1-3(9)2-10-4;1-2/h3,7-8,10-11,14H,1,4-6,9H2,2H3;1-2,9H;1-2H3. The van der Waals surface area contributed by atoms with Crippen molar-refractivity contribution in [2.24, 2.45) is 5.92 Å². The zero-order valence-electron chi connectivity index (χ0n) is 20.4. The van der Waals surface area contributed by atoms with Crippen LogP contribution >= 0.6 is 11.3 Å². The number of ether oxygens (including phenoxy) is 1. The number of hydrogen-bond acceptors (Lipinski definition) is 6. The van der Waals surface area contributed by atoms with Gasteiger partial charge in [-0.3, -0.25) is 14.6 Å². The summed E-state index contributed by atoms with van der Waals surface area (Å²) in [5.41, 5.74) is -1.56. The number of esters is 1. The van der Waals surface area contributed by atoms with Crippen LogP contribution in [-0.4, -0.2) is 46.6 Å². The highest BCUT2D eigenvalue weighted by Crippen LogP contribution is 2.36. The van der Waals surface area contributed by atoms with Crippen LogP contribution in [0, 0.1) is 5.92 Å². The molecule has 3 rings (SSSR count). The zero-order valence-corrected chi connectivity index (χ0v) is 21.2. The number of piperidine rings is 1. The van der Waals surface area contributed by atoms with Gasteiger partial charge in [-0.15, -0.1) is 17.9 Å². The Morgan fingerprint density at radius 1 is 1.24 bits per heavy atom. The van der Waals surface area contributed by atoms with E-state index < -0.39 is 52.2 Å².